The molecule has 7 heteroatoms. The van der Waals surface area contributed by atoms with E-state index in [0.29, 0.717) is 6.61 Å². The van der Waals surface area contributed by atoms with Crippen molar-refractivity contribution in [3.8, 4) is 0 Å². The maximum atomic E-state index is 11.1. The van der Waals surface area contributed by atoms with Crippen LogP contribution in [0, 0.1) is 0 Å². The minimum atomic E-state index is -0.391. The van der Waals surface area contributed by atoms with Gasteiger partial charge in [0.2, 0.25) is 11.7 Å². The van der Waals surface area contributed by atoms with Gasteiger partial charge in [0.05, 0.1) is 6.61 Å². The molecular weight excluding hydrogens is 332 g/mol. The van der Waals surface area contributed by atoms with Crippen molar-refractivity contribution in [1.29, 1.82) is 0 Å². The Morgan fingerprint density at radius 3 is 2.73 bits per heavy atom. The lowest BCUT2D eigenvalue weighted by atomic mass is 10.3. The number of rotatable bonds is 8. The Hall–Kier alpha value is -2.83. The van der Waals surface area contributed by atoms with Gasteiger partial charge in [-0.15, -0.1) is 0 Å². The van der Waals surface area contributed by atoms with E-state index in [0.717, 1.165) is 42.9 Å². The summed E-state index contributed by atoms with van der Waals surface area (Å²) in [5.74, 6) is 1.75. The third kappa shape index (κ3) is 6.96. The van der Waals surface area contributed by atoms with Gasteiger partial charge in [0.25, 0.3) is 0 Å². The maximum absolute atomic E-state index is 11.1. The zero-order valence-corrected chi connectivity index (χ0v) is 15.7. The molecule has 2 aromatic heterocycles. The molecule has 0 amide bonds. The summed E-state index contributed by atoms with van der Waals surface area (Å²) in [6.07, 6.45) is 6.44. The van der Waals surface area contributed by atoms with Gasteiger partial charge in [-0.3, -0.25) is 0 Å². The summed E-state index contributed by atoms with van der Waals surface area (Å²) in [6, 6.07) is 3.42. The Morgan fingerprint density at radius 2 is 2.15 bits per heavy atom. The Morgan fingerprint density at radius 1 is 1.38 bits per heavy atom. The number of carbonyl (C=O) groups is 1. The van der Waals surface area contributed by atoms with Gasteiger partial charge in [0.1, 0.15) is 11.6 Å². The number of nitrogen functional groups attached to an aromatic ring is 1. The standard InChI is InChI=1S/C10H16N4.C9H12O3/c1-3-5-6-12-9-8(4-2)7-13-10(11)14-9;1-3-7-5-6-8(12-7)9(10)11-4-2/h4,7H,2-3,5-6H2,1H3,(H3,11,12,13,14);5-6H,3-4H2,1-2H3. The van der Waals surface area contributed by atoms with Gasteiger partial charge >= 0.3 is 5.97 Å². The first-order chi connectivity index (χ1) is 12.5. The molecule has 0 unspecified atom stereocenters. The molecule has 0 fully saturated rings. The zero-order valence-electron chi connectivity index (χ0n) is 15.7. The highest BCUT2D eigenvalue weighted by Crippen LogP contribution is 2.13. The monoisotopic (exact) mass is 360 g/mol. The lowest BCUT2D eigenvalue weighted by Crippen LogP contribution is -2.07. The van der Waals surface area contributed by atoms with Crippen molar-refractivity contribution in [2.45, 2.75) is 40.0 Å². The van der Waals surface area contributed by atoms with Gasteiger partial charge in [-0.25, -0.2) is 9.78 Å². The molecule has 26 heavy (non-hydrogen) atoms. The molecule has 0 bridgehead atoms. The Kier molecular flexibility index (Phi) is 9.53. The van der Waals surface area contributed by atoms with Gasteiger partial charge in [0, 0.05) is 24.7 Å². The molecule has 0 aliphatic rings. The summed E-state index contributed by atoms with van der Waals surface area (Å²) in [5.41, 5.74) is 6.37. The average Bonchev–Trinajstić information content (AvgIpc) is 3.12. The quantitative estimate of drug-likeness (QED) is 0.543. The van der Waals surface area contributed by atoms with E-state index in [2.05, 4.69) is 28.8 Å². The third-order valence-corrected chi connectivity index (χ3v) is 3.37. The third-order valence-electron chi connectivity index (χ3n) is 3.37. The molecule has 0 atom stereocenters. The van der Waals surface area contributed by atoms with E-state index in [4.69, 9.17) is 14.9 Å². The number of nitrogens with zero attached hydrogens (tertiary/aromatic N) is 2. The molecule has 2 rings (SSSR count). The van der Waals surface area contributed by atoms with Crippen LogP contribution in [0.25, 0.3) is 6.08 Å². The highest BCUT2D eigenvalue weighted by Gasteiger charge is 2.10. The molecule has 0 radical (unpaired) electrons. The second-order valence-electron chi connectivity index (χ2n) is 5.36. The molecule has 7 nitrogen and oxygen atoms in total. The average molecular weight is 360 g/mol. The predicted molar refractivity (Wildman–Crippen MR) is 104 cm³/mol. The summed E-state index contributed by atoms with van der Waals surface area (Å²) in [6.45, 7) is 10.8. The van der Waals surface area contributed by atoms with Crippen LogP contribution in [0.4, 0.5) is 11.8 Å². The van der Waals surface area contributed by atoms with Crippen molar-refractivity contribution in [3.05, 3.63) is 42.0 Å². The number of nitrogens with two attached hydrogens (primary N) is 1. The maximum Gasteiger partial charge on any atom is 0.374 e. The molecular formula is C19H28N4O3. The second kappa shape index (κ2) is 11.7. The largest absolute Gasteiger partial charge is 0.460 e. The first-order valence-electron chi connectivity index (χ1n) is 8.80. The molecule has 2 heterocycles. The highest BCUT2D eigenvalue weighted by atomic mass is 16.5. The first kappa shape index (κ1) is 21.2. The first-order valence-corrected chi connectivity index (χ1v) is 8.80. The molecule has 0 aliphatic carbocycles. The fourth-order valence-electron chi connectivity index (χ4n) is 1.96. The minimum Gasteiger partial charge on any atom is -0.460 e. The Balaban J connectivity index is 0.000000263. The van der Waals surface area contributed by atoms with Crippen molar-refractivity contribution in [3.63, 3.8) is 0 Å². The number of ether oxygens (including phenoxy) is 1. The van der Waals surface area contributed by atoms with Gasteiger partial charge in [-0.2, -0.15) is 4.98 Å². The van der Waals surface area contributed by atoms with E-state index in [9.17, 15) is 4.79 Å². The van der Waals surface area contributed by atoms with Crippen LogP contribution < -0.4 is 11.1 Å². The fraction of sp³-hybridized carbons (Fsp3) is 0.421. The lowest BCUT2D eigenvalue weighted by molar-refractivity contribution is 0.0488. The number of furan rings is 1. The van der Waals surface area contributed by atoms with Crippen molar-refractivity contribution >= 4 is 23.8 Å². The molecule has 3 N–H and O–H groups in total. The molecule has 0 saturated heterocycles. The number of anilines is 2. The number of aromatic nitrogens is 2. The van der Waals surface area contributed by atoms with Crippen molar-refractivity contribution < 1.29 is 13.9 Å². The summed E-state index contributed by atoms with van der Waals surface area (Å²) in [5, 5.41) is 3.20. The van der Waals surface area contributed by atoms with Crippen LogP contribution in [0.15, 0.2) is 29.3 Å². The smallest absolute Gasteiger partial charge is 0.374 e. The number of aryl methyl sites for hydroxylation is 1. The number of unbranched alkanes of at least 4 members (excludes halogenated alkanes) is 1. The molecule has 2 aromatic rings. The number of hydrogen-bond donors (Lipinski definition) is 2. The Labute approximate surface area is 154 Å². The summed E-state index contributed by atoms with van der Waals surface area (Å²) < 4.78 is 9.93. The van der Waals surface area contributed by atoms with Gasteiger partial charge in [-0.1, -0.05) is 32.9 Å². The lowest BCUT2D eigenvalue weighted by Gasteiger charge is -2.07. The minimum absolute atomic E-state index is 0.286. The summed E-state index contributed by atoms with van der Waals surface area (Å²) in [7, 11) is 0. The molecule has 0 spiro atoms. The van der Waals surface area contributed by atoms with Gasteiger partial charge in [-0.05, 0) is 25.5 Å². The van der Waals surface area contributed by atoms with Crippen LogP contribution in [0.2, 0.25) is 0 Å². The van der Waals surface area contributed by atoms with Crippen LogP contribution in [0.5, 0.6) is 0 Å². The number of nitrogens with one attached hydrogen (secondary N) is 1. The van der Waals surface area contributed by atoms with Crippen LogP contribution in [-0.2, 0) is 11.2 Å². The summed E-state index contributed by atoms with van der Waals surface area (Å²) >= 11 is 0. The van der Waals surface area contributed by atoms with Crippen LogP contribution in [0.1, 0.15) is 55.5 Å². The number of carbonyl (C=O) groups excluding carboxylic acids is 1. The summed E-state index contributed by atoms with van der Waals surface area (Å²) in [4.78, 5) is 19.1. The van der Waals surface area contributed by atoms with Crippen LogP contribution >= 0.6 is 0 Å². The van der Waals surface area contributed by atoms with E-state index in [1.54, 1.807) is 31.3 Å². The van der Waals surface area contributed by atoms with E-state index in [1.807, 2.05) is 6.92 Å². The highest BCUT2D eigenvalue weighted by molar-refractivity contribution is 5.86. The van der Waals surface area contributed by atoms with Crippen molar-refractivity contribution in [2.24, 2.45) is 0 Å². The predicted octanol–water partition coefficient (Wildman–Crippen LogP) is 3.93. The zero-order chi connectivity index (χ0) is 19.4. The van der Waals surface area contributed by atoms with Crippen molar-refractivity contribution in [1.82, 2.24) is 9.97 Å². The van der Waals surface area contributed by atoms with E-state index < -0.39 is 5.97 Å². The number of esters is 1. The van der Waals surface area contributed by atoms with E-state index >= 15 is 0 Å². The fourth-order valence-corrected chi connectivity index (χ4v) is 1.96. The Bertz CT molecular complexity index is 698. The van der Waals surface area contributed by atoms with E-state index in [1.165, 1.54) is 0 Å². The number of hydrogen-bond acceptors (Lipinski definition) is 7. The van der Waals surface area contributed by atoms with Gasteiger partial charge in [0.15, 0.2) is 0 Å². The second-order valence-corrected chi connectivity index (χ2v) is 5.36. The molecule has 0 aromatic carbocycles. The molecule has 0 aliphatic heterocycles. The normalized spacial score (nSPS) is 9.81. The van der Waals surface area contributed by atoms with Gasteiger partial charge < -0.3 is 20.2 Å². The van der Waals surface area contributed by atoms with Crippen LogP contribution in [-0.4, -0.2) is 29.1 Å². The topological polar surface area (TPSA) is 103 Å². The van der Waals surface area contributed by atoms with Crippen LogP contribution in [0.3, 0.4) is 0 Å². The SMILES string of the molecule is C=Cc1cnc(N)nc1NCCCC.CCOC(=O)c1ccc(CC)o1. The molecule has 0 saturated carbocycles. The molecule has 142 valence electrons. The van der Waals surface area contributed by atoms with E-state index in [-0.39, 0.29) is 11.7 Å². The van der Waals surface area contributed by atoms with Crippen molar-refractivity contribution in [2.75, 3.05) is 24.2 Å².